The first-order chi connectivity index (χ1) is 15.6. The van der Waals surface area contributed by atoms with Crippen LogP contribution in [0.25, 0.3) is 0 Å². The summed E-state index contributed by atoms with van der Waals surface area (Å²) in [4.78, 5) is 28.6. The average Bonchev–Trinajstić information content (AvgIpc) is 2.79. The van der Waals surface area contributed by atoms with Crippen molar-refractivity contribution in [3.8, 4) is 5.75 Å². The zero-order valence-corrected chi connectivity index (χ0v) is 19.4. The summed E-state index contributed by atoms with van der Waals surface area (Å²) in [5.74, 6) is -1.79. The van der Waals surface area contributed by atoms with E-state index in [1.807, 2.05) is 0 Å². The normalized spacial score (nSPS) is 12.0. The summed E-state index contributed by atoms with van der Waals surface area (Å²) >= 11 is 12.1. The molecular weight excluding hydrogens is 491 g/mol. The lowest BCUT2D eigenvalue weighted by Crippen LogP contribution is -2.38. The van der Waals surface area contributed by atoms with Gasteiger partial charge in [0.05, 0.1) is 15.6 Å². The number of halogens is 2. The van der Waals surface area contributed by atoms with Gasteiger partial charge in [-0.25, -0.2) is 0 Å². The zero-order chi connectivity index (χ0) is 24.2. The number of hydrogen-bond acceptors (Lipinski definition) is 5. The number of carbonyl (C=O) groups is 2. The first-order valence-electron chi connectivity index (χ1n) is 9.46. The molecule has 3 rings (SSSR count). The third-order valence-electron chi connectivity index (χ3n) is 4.39. The summed E-state index contributed by atoms with van der Waals surface area (Å²) in [5, 5.41) is 11.7. The summed E-state index contributed by atoms with van der Waals surface area (Å²) in [6, 6.07) is 16.3. The summed E-state index contributed by atoms with van der Waals surface area (Å²) in [7, 11) is -4.26. The van der Waals surface area contributed by atoms with Gasteiger partial charge in [-0.15, -0.1) is 0 Å². The predicted molar refractivity (Wildman–Crippen MR) is 124 cm³/mol. The van der Waals surface area contributed by atoms with Crippen LogP contribution in [0.4, 0.5) is 5.69 Å². The number of carboxylic acids is 1. The predicted octanol–water partition coefficient (Wildman–Crippen LogP) is 4.39. The highest BCUT2D eigenvalue weighted by Gasteiger charge is 2.28. The van der Waals surface area contributed by atoms with E-state index in [-0.39, 0.29) is 26.9 Å². The van der Waals surface area contributed by atoms with Crippen molar-refractivity contribution >= 4 is 50.8 Å². The summed E-state index contributed by atoms with van der Waals surface area (Å²) in [6.45, 7) is 1.32. The molecule has 0 aliphatic rings. The Morgan fingerprint density at radius 2 is 1.64 bits per heavy atom. The SMILES string of the molecule is CC(NC(=O)c1ccc(S(=O)(=O)N(Oc2ccc(Cl)cc2Cl)c2ccccc2)cc1)C(=O)O. The lowest BCUT2D eigenvalue weighted by Gasteiger charge is -2.24. The number of carbonyl (C=O) groups excluding carboxylic acids is 1. The molecule has 0 fully saturated rings. The van der Waals surface area contributed by atoms with Gasteiger partial charge in [0, 0.05) is 10.6 Å². The number of anilines is 1. The highest BCUT2D eigenvalue weighted by atomic mass is 35.5. The maximum Gasteiger partial charge on any atom is 0.325 e. The van der Waals surface area contributed by atoms with E-state index in [4.69, 9.17) is 33.1 Å². The number of nitrogens with zero attached hydrogens (tertiary/aromatic N) is 1. The van der Waals surface area contributed by atoms with Crippen molar-refractivity contribution in [2.75, 3.05) is 4.47 Å². The van der Waals surface area contributed by atoms with E-state index < -0.39 is 27.9 Å². The van der Waals surface area contributed by atoms with Crippen LogP contribution in [0.15, 0.2) is 77.7 Å². The fourth-order valence-corrected chi connectivity index (χ4v) is 4.34. The quantitative estimate of drug-likeness (QED) is 0.436. The molecule has 1 amide bonds. The van der Waals surface area contributed by atoms with Crippen molar-refractivity contribution in [1.82, 2.24) is 5.32 Å². The Kier molecular flexibility index (Phi) is 7.47. The number of aliphatic carboxylic acids is 1. The number of carboxylic acid groups (broad SMARTS) is 1. The molecule has 1 unspecified atom stereocenters. The second-order valence-electron chi connectivity index (χ2n) is 6.79. The molecule has 0 aromatic heterocycles. The van der Waals surface area contributed by atoms with Crippen molar-refractivity contribution in [2.24, 2.45) is 0 Å². The van der Waals surface area contributed by atoms with Gasteiger partial charge in [0.1, 0.15) is 6.04 Å². The average molecular weight is 509 g/mol. The van der Waals surface area contributed by atoms with E-state index in [0.717, 1.165) is 0 Å². The van der Waals surface area contributed by atoms with Crippen LogP contribution < -0.4 is 14.6 Å². The molecule has 0 radical (unpaired) electrons. The van der Waals surface area contributed by atoms with Gasteiger partial charge in [-0.1, -0.05) is 45.9 Å². The maximum absolute atomic E-state index is 13.4. The van der Waals surface area contributed by atoms with Crippen LogP contribution in [-0.4, -0.2) is 31.4 Å². The molecule has 0 bridgehead atoms. The highest BCUT2D eigenvalue weighted by molar-refractivity contribution is 7.92. The molecule has 8 nitrogen and oxygen atoms in total. The van der Waals surface area contributed by atoms with Gasteiger partial charge in [-0.05, 0) is 61.5 Å². The molecule has 0 aliphatic heterocycles. The molecule has 2 N–H and O–H groups in total. The fraction of sp³-hybridized carbons (Fsp3) is 0.0909. The van der Waals surface area contributed by atoms with Gasteiger partial charge in [0.25, 0.3) is 15.9 Å². The number of rotatable bonds is 8. The van der Waals surface area contributed by atoms with Gasteiger partial charge in [0.2, 0.25) is 0 Å². The Morgan fingerprint density at radius 3 is 2.21 bits per heavy atom. The van der Waals surface area contributed by atoms with E-state index in [9.17, 15) is 18.0 Å². The summed E-state index contributed by atoms with van der Waals surface area (Å²) in [6.07, 6.45) is 0. The Bertz CT molecular complexity index is 1270. The van der Waals surface area contributed by atoms with Gasteiger partial charge in [-0.3, -0.25) is 9.59 Å². The molecule has 3 aromatic rings. The van der Waals surface area contributed by atoms with Crippen molar-refractivity contribution in [2.45, 2.75) is 17.9 Å². The largest absolute Gasteiger partial charge is 0.480 e. The third-order valence-corrected chi connectivity index (χ3v) is 6.51. The minimum absolute atomic E-state index is 0.0622. The van der Waals surface area contributed by atoms with E-state index in [2.05, 4.69) is 5.32 Å². The van der Waals surface area contributed by atoms with Crippen LogP contribution in [0.2, 0.25) is 10.0 Å². The number of nitrogens with one attached hydrogen (secondary N) is 1. The first-order valence-corrected chi connectivity index (χ1v) is 11.7. The smallest absolute Gasteiger partial charge is 0.325 e. The molecule has 172 valence electrons. The third kappa shape index (κ3) is 5.75. The van der Waals surface area contributed by atoms with E-state index in [1.54, 1.807) is 18.2 Å². The van der Waals surface area contributed by atoms with Crippen molar-refractivity contribution in [3.05, 3.63) is 88.4 Å². The highest BCUT2D eigenvalue weighted by Crippen LogP contribution is 2.32. The van der Waals surface area contributed by atoms with E-state index in [1.165, 1.54) is 61.5 Å². The number of benzene rings is 3. The Hall–Kier alpha value is -3.27. The topological polar surface area (TPSA) is 113 Å². The molecule has 0 aliphatic carbocycles. The molecule has 33 heavy (non-hydrogen) atoms. The summed E-state index contributed by atoms with van der Waals surface area (Å²) in [5.41, 5.74) is 0.301. The Labute approximate surface area is 200 Å². The number of sulfonamides is 1. The van der Waals surface area contributed by atoms with Crippen molar-refractivity contribution < 1.29 is 28.0 Å². The van der Waals surface area contributed by atoms with Crippen LogP contribution in [0.5, 0.6) is 5.75 Å². The second-order valence-corrected chi connectivity index (χ2v) is 9.39. The van der Waals surface area contributed by atoms with Crippen LogP contribution in [-0.2, 0) is 14.8 Å². The number of hydrogen-bond donors (Lipinski definition) is 2. The lowest BCUT2D eigenvalue weighted by molar-refractivity contribution is -0.138. The van der Waals surface area contributed by atoms with Gasteiger partial charge in [0.15, 0.2) is 5.75 Å². The van der Waals surface area contributed by atoms with Crippen LogP contribution >= 0.6 is 23.2 Å². The van der Waals surface area contributed by atoms with Gasteiger partial charge < -0.3 is 15.3 Å². The Morgan fingerprint density at radius 1 is 1.00 bits per heavy atom. The fourth-order valence-electron chi connectivity index (χ4n) is 2.64. The number of amides is 1. The molecule has 0 saturated carbocycles. The lowest BCUT2D eigenvalue weighted by atomic mass is 10.2. The second kappa shape index (κ2) is 10.1. The first kappa shape index (κ1) is 24.4. The number of para-hydroxylation sites is 1. The molecule has 0 saturated heterocycles. The molecular formula is C22H18Cl2N2O6S. The maximum atomic E-state index is 13.4. The molecule has 0 spiro atoms. The van der Waals surface area contributed by atoms with Crippen LogP contribution in [0.1, 0.15) is 17.3 Å². The molecule has 0 heterocycles. The Balaban J connectivity index is 1.95. The molecule has 11 heteroatoms. The zero-order valence-electron chi connectivity index (χ0n) is 17.1. The van der Waals surface area contributed by atoms with E-state index >= 15 is 0 Å². The minimum Gasteiger partial charge on any atom is -0.480 e. The van der Waals surface area contributed by atoms with Gasteiger partial charge in [-0.2, -0.15) is 8.42 Å². The monoisotopic (exact) mass is 508 g/mol. The molecule has 1 atom stereocenters. The standard InChI is InChI=1S/C22H18Cl2N2O6S/c1-14(22(28)29)25-21(27)15-7-10-18(11-8-15)33(30,31)26(17-5-3-2-4-6-17)32-20-12-9-16(23)13-19(20)24/h2-14H,1H3,(H,25,27)(H,28,29). The van der Waals surface area contributed by atoms with Crippen LogP contribution in [0.3, 0.4) is 0 Å². The molecule has 3 aromatic carbocycles. The van der Waals surface area contributed by atoms with Crippen molar-refractivity contribution in [1.29, 1.82) is 0 Å². The van der Waals surface area contributed by atoms with Crippen LogP contribution in [0, 0.1) is 0 Å². The van der Waals surface area contributed by atoms with Gasteiger partial charge >= 0.3 is 5.97 Å². The van der Waals surface area contributed by atoms with Crippen molar-refractivity contribution in [3.63, 3.8) is 0 Å². The van der Waals surface area contributed by atoms with E-state index in [0.29, 0.717) is 9.49 Å². The summed E-state index contributed by atoms with van der Waals surface area (Å²) < 4.78 is 27.5. The minimum atomic E-state index is -4.26.